The molecule has 0 unspecified atom stereocenters. The Hall–Kier alpha value is -1.65. The molecule has 0 bridgehead atoms. The molecule has 0 saturated carbocycles. The number of halogens is 2. The summed E-state index contributed by atoms with van der Waals surface area (Å²) in [7, 11) is 1.14. The van der Waals surface area contributed by atoms with Crippen molar-refractivity contribution in [2.45, 2.75) is 6.42 Å². The van der Waals surface area contributed by atoms with Crippen LogP contribution in [0.2, 0.25) is 0 Å². The number of benzene rings is 1. The summed E-state index contributed by atoms with van der Waals surface area (Å²) in [5.74, 6) is -3.46. The van der Waals surface area contributed by atoms with Crippen LogP contribution in [0, 0.1) is 11.6 Å². The summed E-state index contributed by atoms with van der Waals surface area (Å²) in [6, 6.07) is 1.62. The molecule has 1 aromatic rings. The third-order valence-corrected chi connectivity index (χ3v) is 1.65. The molecular formula is C9H8F2O3. The van der Waals surface area contributed by atoms with Crippen LogP contribution in [0.3, 0.4) is 0 Å². The normalized spacial score (nSPS) is 9.93. The Morgan fingerprint density at radius 3 is 2.71 bits per heavy atom. The predicted octanol–water partition coefficient (Wildman–Crippen LogP) is 1.39. The van der Waals surface area contributed by atoms with Crippen molar-refractivity contribution in [3.8, 4) is 5.75 Å². The number of carbonyl (C=O) groups is 1. The van der Waals surface area contributed by atoms with Gasteiger partial charge in [0.05, 0.1) is 13.5 Å². The predicted molar refractivity (Wildman–Crippen MR) is 43.7 cm³/mol. The second-order valence-electron chi connectivity index (χ2n) is 2.65. The Kier molecular flexibility index (Phi) is 3.01. The van der Waals surface area contributed by atoms with Crippen LogP contribution >= 0.6 is 0 Å². The van der Waals surface area contributed by atoms with Gasteiger partial charge in [0.15, 0.2) is 11.6 Å². The molecule has 0 atom stereocenters. The molecule has 76 valence electrons. The molecule has 14 heavy (non-hydrogen) atoms. The van der Waals surface area contributed by atoms with Crippen LogP contribution in [0.15, 0.2) is 12.1 Å². The van der Waals surface area contributed by atoms with Gasteiger partial charge in [-0.1, -0.05) is 0 Å². The molecule has 0 saturated heterocycles. The Balaban J connectivity index is 3.02. The molecule has 0 aromatic heterocycles. The summed E-state index contributed by atoms with van der Waals surface area (Å²) in [5, 5.41) is 8.95. The zero-order chi connectivity index (χ0) is 10.7. The highest BCUT2D eigenvalue weighted by atomic mass is 19.2. The van der Waals surface area contributed by atoms with Gasteiger partial charge in [0.2, 0.25) is 0 Å². The first-order valence-corrected chi connectivity index (χ1v) is 3.78. The quantitative estimate of drug-likeness (QED) is 0.737. The summed E-state index contributed by atoms with van der Waals surface area (Å²) in [5.41, 5.74) is -0.227. The number of rotatable bonds is 2. The van der Waals surface area contributed by atoms with E-state index in [1.165, 1.54) is 0 Å². The molecule has 3 nitrogen and oxygen atoms in total. The minimum Gasteiger partial charge on any atom is -0.508 e. The zero-order valence-electron chi connectivity index (χ0n) is 7.38. The van der Waals surface area contributed by atoms with Gasteiger partial charge in [0, 0.05) is 11.6 Å². The number of phenols is 1. The molecule has 0 radical (unpaired) electrons. The van der Waals surface area contributed by atoms with Crippen LogP contribution in [0.25, 0.3) is 0 Å². The number of aromatic hydroxyl groups is 1. The fourth-order valence-corrected chi connectivity index (χ4v) is 0.986. The second kappa shape index (κ2) is 4.04. The molecular weight excluding hydrogens is 194 g/mol. The van der Waals surface area contributed by atoms with Crippen molar-refractivity contribution in [3.05, 3.63) is 29.3 Å². The van der Waals surface area contributed by atoms with Crippen molar-refractivity contribution in [3.63, 3.8) is 0 Å². The van der Waals surface area contributed by atoms with E-state index in [4.69, 9.17) is 5.11 Å². The number of ether oxygens (including phenoxy) is 1. The van der Waals surface area contributed by atoms with Gasteiger partial charge in [-0.2, -0.15) is 0 Å². The Morgan fingerprint density at radius 1 is 1.50 bits per heavy atom. The molecule has 0 spiro atoms. The highest BCUT2D eigenvalue weighted by Crippen LogP contribution is 2.19. The molecule has 1 aromatic carbocycles. The van der Waals surface area contributed by atoms with Crippen molar-refractivity contribution in [1.29, 1.82) is 0 Å². The van der Waals surface area contributed by atoms with E-state index >= 15 is 0 Å². The van der Waals surface area contributed by atoms with Gasteiger partial charge in [-0.3, -0.25) is 4.79 Å². The number of methoxy groups -OCH3 is 1. The average molecular weight is 202 g/mol. The maximum Gasteiger partial charge on any atom is 0.310 e. The average Bonchev–Trinajstić information content (AvgIpc) is 2.13. The van der Waals surface area contributed by atoms with Gasteiger partial charge >= 0.3 is 5.97 Å². The zero-order valence-corrected chi connectivity index (χ0v) is 7.38. The lowest BCUT2D eigenvalue weighted by atomic mass is 10.1. The number of hydrogen-bond acceptors (Lipinski definition) is 3. The van der Waals surface area contributed by atoms with Crippen molar-refractivity contribution < 1.29 is 23.4 Å². The van der Waals surface area contributed by atoms with E-state index in [9.17, 15) is 13.6 Å². The largest absolute Gasteiger partial charge is 0.508 e. The maximum absolute atomic E-state index is 13.0. The highest BCUT2D eigenvalue weighted by molar-refractivity contribution is 5.72. The van der Waals surface area contributed by atoms with Gasteiger partial charge in [0.25, 0.3) is 0 Å². The fourth-order valence-electron chi connectivity index (χ4n) is 0.986. The first-order valence-electron chi connectivity index (χ1n) is 3.78. The maximum atomic E-state index is 13.0. The van der Waals surface area contributed by atoms with Gasteiger partial charge in [-0.15, -0.1) is 0 Å². The first kappa shape index (κ1) is 10.4. The van der Waals surface area contributed by atoms with Crippen molar-refractivity contribution in [1.82, 2.24) is 0 Å². The van der Waals surface area contributed by atoms with Crippen molar-refractivity contribution in [2.24, 2.45) is 0 Å². The lowest BCUT2D eigenvalue weighted by Gasteiger charge is -2.03. The molecule has 0 fully saturated rings. The fraction of sp³-hybridized carbons (Fsp3) is 0.222. The lowest BCUT2D eigenvalue weighted by Crippen LogP contribution is -2.07. The van der Waals surface area contributed by atoms with Gasteiger partial charge in [-0.05, 0) is 6.07 Å². The third-order valence-electron chi connectivity index (χ3n) is 1.65. The van der Waals surface area contributed by atoms with E-state index in [1.54, 1.807) is 0 Å². The van der Waals surface area contributed by atoms with Crippen LogP contribution in [-0.2, 0) is 16.0 Å². The monoisotopic (exact) mass is 202 g/mol. The number of phenolic OH excluding ortho intramolecular Hbond substituents is 1. The smallest absolute Gasteiger partial charge is 0.310 e. The first-order chi connectivity index (χ1) is 6.54. The minimum absolute atomic E-state index is 0.227. The van der Waals surface area contributed by atoms with E-state index < -0.39 is 29.8 Å². The van der Waals surface area contributed by atoms with Crippen molar-refractivity contribution in [2.75, 3.05) is 7.11 Å². The van der Waals surface area contributed by atoms with E-state index in [2.05, 4.69) is 4.74 Å². The summed E-state index contributed by atoms with van der Waals surface area (Å²) in [6.45, 7) is 0. The molecule has 0 heterocycles. The lowest BCUT2D eigenvalue weighted by molar-refractivity contribution is -0.139. The summed E-state index contributed by atoms with van der Waals surface area (Å²) < 4.78 is 30.0. The molecule has 5 heteroatoms. The molecule has 1 rings (SSSR count). The van der Waals surface area contributed by atoms with Gasteiger partial charge < -0.3 is 9.84 Å². The molecule has 1 N–H and O–H groups in total. The van der Waals surface area contributed by atoms with Crippen LogP contribution in [0.5, 0.6) is 5.75 Å². The number of hydrogen-bond donors (Lipinski definition) is 1. The molecule has 0 aliphatic carbocycles. The van der Waals surface area contributed by atoms with E-state index in [0.717, 1.165) is 13.2 Å². The van der Waals surface area contributed by atoms with Crippen LogP contribution in [0.1, 0.15) is 5.56 Å². The minimum atomic E-state index is -1.19. The Labute approximate surface area is 78.9 Å². The number of esters is 1. The van der Waals surface area contributed by atoms with Gasteiger partial charge in [-0.25, -0.2) is 8.78 Å². The Bertz CT molecular complexity index is 363. The summed E-state index contributed by atoms with van der Waals surface area (Å²) >= 11 is 0. The van der Waals surface area contributed by atoms with Crippen LogP contribution in [-0.4, -0.2) is 18.2 Å². The molecule has 0 aliphatic rings. The summed E-state index contributed by atoms with van der Waals surface area (Å²) in [6.07, 6.45) is -0.409. The van der Waals surface area contributed by atoms with Crippen LogP contribution < -0.4 is 0 Å². The topological polar surface area (TPSA) is 46.5 Å². The summed E-state index contributed by atoms with van der Waals surface area (Å²) in [4.78, 5) is 10.8. The number of carbonyl (C=O) groups excluding carboxylic acids is 1. The second-order valence-corrected chi connectivity index (χ2v) is 2.65. The van der Waals surface area contributed by atoms with E-state index in [-0.39, 0.29) is 5.56 Å². The SMILES string of the molecule is COC(=O)Cc1cc(O)cc(F)c1F. The van der Waals surface area contributed by atoms with E-state index in [1.807, 2.05) is 0 Å². The molecule has 0 aliphatic heterocycles. The van der Waals surface area contributed by atoms with Gasteiger partial charge in [0.1, 0.15) is 5.75 Å². The standard InChI is InChI=1S/C9H8F2O3/c1-14-8(13)3-5-2-6(12)4-7(10)9(5)11/h2,4,12H,3H2,1H3. The van der Waals surface area contributed by atoms with E-state index in [0.29, 0.717) is 6.07 Å². The molecule has 0 amide bonds. The highest BCUT2D eigenvalue weighted by Gasteiger charge is 2.13. The van der Waals surface area contributed by atoms with Crippen molar-refractivity contribution >= 4 is 5.97 Å². The Morgan fingerprint density at radius 2 is 2.14 bits per heavy atom. The van der Waals surface area contributed by atoms with Crippen LogP contribution in [0.4, 0.5) is 8.78 Å². The third kappa shape index (κ3) is 2.18.